The highest BCUT2D eigenvalue weighted by atomic mass is 35.5. The molecule has 1 rings (SSSR count). The Balaban J connectivity index is 2.36. The maximum atomic E-state index is 11.7. The molecule has 2 N–H and O–H groups in total. The van der Waals surface area contributed by atoms with Gasteiger partial charge in [-0.15, -0.1) is 11.3 Å². The molecule has 0 saturated carbocycles. The molecule has 4 nitrogen and oxygen atoms in total. The predicted molar refractivity (Wildman–Crippen MR) is 72.2 cm³/mol. The summed E-state index contributed by atoms with van der Waals surface area (Å²) in [6, 6.07) is 3.09. The van der Waals surface area contributed by atoms with Crippen molar-refractivity contribution in [1.82, 2.24) is 5.32 Å². The molecule has 1 atom stereocenters. The third kappa shape index (κ3) is 4.76. The van der Waals surface area contributed by atoms with Crippen molar-refractivity contribution in [3.63, 3.8) is 0 Å². The third-order valence-corrected chi connectivity index (χ3v) is 3.78. The van der Waals surface area contributed by atoms with Crippen LogP contribution in [0.3, 0.4) is 0 Å². The average molecular weight is 290 g/mol. The van der Waals surface area contributed by atoms with E-state index in [0.29, 0.717) is 15.6 Å². The fourth-order valence-corrected chi connectivity index (χ4v) is 2.40. The average Bonchev–Trinajstić information content (AvgIpc) is 2.79. The minimum atomic E-state index is -0.233. The molecule has 100 valence electrons. The number of carbonyl (C=O) groups excluding carboxylic acids is 2. The van der Waals surface area contributed by atoms with Gasteiger partial charge in [0.15, 0.2) is 5.78 Å². The van der Waals surface area contributed by atoms with Gasteiger partial charge in [0.1, 0.15) is 0 Å². The summed E-state index contributed by atoms with van der Waals surface area (Å²) >= 11 is 6.95. The molecule has 1 amide bonds. The number of hydrogen-bond donors (Lipinski definition) is 2. The second-order valence-electron chi connectivity index (χ2n) is 3.88. The number of halogens is 1. The van der Waals surface area contributed by atoms with Gasteiger partial charge >= 0.3 is 0 Å². The third-order valence-electron chi connectivity index (χ3n) is 2.51. The van der Waals surface area contributed by atoms with Crippen LogP contribution in [-0.2, 0) is 4.79 Å². The van der Waals surface area contributed by atoms with Crippen LogP contribution in [0.1, 0.15) is 35.9 Å². The molecule has 1 aromatic rings. The summed E-state index contributed by atoms with van der Waals surface area (Å²) in [7, 11) is 0. The van der Waals surface area contributed by atoms with Crippen molar-refractivity contribution in [2.75, 3.05) is 6.61 Å². The smallest absolute Gasteiger partial charge is 0.220 e. The summed E-state index contributed by atoms with van der Waals surface area (Å²) in [5.74, 6) is -0.300. The van der Waals surface area contributed by atoms with Gasteiger partial charge in [-0.25, -0.2) is 0 Å². The number of aliphatic hydroxyl groups is 1. The van der Waals surface area contributed by atoms with Gasteiger partial charge in [-0.1, -0.05) is 18.5 Å². The maximum absolute atomic E-state index is 11.7. The summed E-state index contributed by atoms with van der Waals surface area (Å²) < 4.78 is 0.564. The summed E-state index contributed by atoms with van der Waals surface area (Å²) in [5, 5.41) is 11.6. The molecule has 0 fully saturated rings. The monoisotopic (exact) mass is 289 g/mol. The standard InChI is InChI=1S/C12H16ClNO3S/c1-2-8(7-15)14-12(17)6-3-9(16)10-4-5-11(13)18-10/h4-5,8,15H,2-3,6-7H2,1H3,(H,14,17). The molecule has 1 heterocycles. The van der Waals surface area contributed by atoms with Crippen LogP contribution in [0.2, 0.25) is 4.34 Å². The van der Waals surface area contributed by atoms with E-state index >= 15 is 0 Å². The van der Waals surface area contributed by atoms with E-state index in [1.54, 1.807) is 12.1 Å². The Hall–Kier alpha value is -0.910. The zero-order valence-corrected chi connectivity index (χ0v) is 11.7. The number of Topliss-reactive ketones (excluding diaryl/α,β-unsaturated/α-hetero) is 1. The van der Waals surface area contributed by atoms with Gasteiger partial charge in [-0.2, -0.15) is 0 Å². The largest absolute Gasteiger partial charge is 0.394 e. The molecule has 0 aliphatic rings. The van der Waals surface area contributed by atoms with E-state index in [9.17, 15) is 9.59 Å². The van der Waals surface area contributed by atoms with Gasteiger partial charge in [0.25, 0.3) is 0 Å². The maximum Gasteiger partial charge on any atom is 0.220 e. The van der Waals surface area contributed by atoms with E-state index in [4.69, 9.17) is 16.7 Å². The van der Waals surface area contributed by atoms with Crippen molar-refractivity contribution in [2.45, 2.75) is 32.2 Å². The second-order valence-corrected chi connectivity index (χ2v) is 5.60. The number of ketones is 1. The van der Waals surface area contributed by atoms with Crippen LogP contribution in [0.5, 0.6) is 0 Å². The SMILES string of the molecule is CCC(CO)NC(=O)CCC(=O)c1ccc(Cl)s1. The van der Waals surface area contributed by atoms with Crippen molar-refractivity contribution >= 4 is 34.6 Å². The van der Waals surface area contributed by atoms with Crippen molar-refractivity contribution in [2.24, 2.45) is 0 Å². The molecule has 0 bridgehead atoms. The van der Waals surface area contributed by atoms with E-state index in [-0.39, 0.29) is 37.2 Å². The van der Waals surface area contributed by atoms with Crippen LogP contribution in [0.4, 0.5) is 0 Å². The molecule has 0 aliphatic carbocycles. The van der Waals surface area contributed by atoms with Gasteiger partial charge in [0.05, 0.1) is 21.9 Å². The van der Waals surface area contributed by atoms with Gasteiger partial charge in [0, 0.05) is 12.8 Å². The Kier molecular flexibility index (Phi) is 6.32. The summed E-state index contributed by atoms with van der Waals surface area (Å²) in [4.78, 5) is 23.8. The number of aliphatic hydroxyl groups excluding tert-OH is 1. The van der Waals surface area contributed by atoms with Gasteiger partial charge in [-0.05, 0) is 18.6 Å². The second kappa shape index (κ2) is 7.51. The molecule has 6 heteroatoms. The first-order valence-electron chi connectivity index (χ1n) is 5.75. The number of hydrogen-bond acceptors (Lipinski definition) is 4. The first-order valence-corrected chi connectivity index (χ1v) is 6.95. The fourth-order valence-electron chi connectivity index (χ4n) is 1.39. The highest BCUT2D eigenvalue weighted by molar-refractivity contribution is 7.18. The van der Waals surface area contributed by atoms with Crippen molar-refractivity contribution in [3.8, 4) is 0 Å². The lowest BCUT2D eigenvalue weighted by Crippen LogP contribution is -2.36. The summed E-state index contributed by atoms with van der Waals surface area (Å²) in [6.45, 7) is 1.79. The Morgan fingerprint density at radius 2 is 2.17 bits per heavy atom. The number of carbonyl (C=O) groups is 2. The van der Waals surface area contributed by atoms with E-state index in [0.717, 1.165) is 0 Å². The summed E-state index contributed by atoms with van der Waals surface area (Å²) in [5.41, 5.74) is 0. The van der Waals surface area contributed by atoms with E-state index in [2.05, 4.69) is 5.32 Å². The molecule has 0 spiro atoms. The lowest BCUT2D eigenvalue weighted by atomic mass is 10.1. The topological polar surface area (TPSA) is 66.4 Å². The molecule has 0 aromatic carbocycles. The molecular formula is C12H16ClNO3S. The van der Waals surface area contributed by atoms with Gasteiger partial charge in [0.2, 0.25) is 5.91 Å². The molecule has 18 heavy (non-hydrogen) atoms. The van der Waals surface area contributed by atoms with Crippen LogP contribution in [0.25, 0.3) is 0 Å². The van der Waals surface area contributed by atoms with E-state index in [1.165, 1.54) is 11.3 Å². The molecule has 0 saturated heterocycles. The lowest BCUT2D eigenvalue weighted by Gasteiger charge is -2.13. The first kappa shape index (κ1) is 15.1. The quantitative estimate of drug-likeness (QED) is 0.757. The highest BCUT2D eigenvalue weighted by Gasteiger charge is 2.13. The number of amides is 1. The molecule has 0 aliphatic heterocycles. The van der Waals surface area contributed by atoms with Gasteiger partial charge in [-0.3, -0.25) is 9.59 Å². The van der Waals surface area contributed by atoms with Crippen LogP contribution in [-0.4, -0.2) is 29.4 Å². The van der Waals surface area contributed by atoms with E-state index in [1.807, 2.05) is 6.92 Å². The number of rotatable bonds is 7. The Morgan fingerprint density at radius 3 is 2.67 bits per heavy atom. The van der Waals surface area contributed by atoms with Crippen molar-refractivity contribution < 1.29 is 14.7 Å². The fraction of sp³-hybridized carbons (Fsp3) is 0.500. The van der Waals surface area contributed by atoms with Crippen molar-refractivity contribution in [1.29, 1.82) is 0 Å². The number of nitrogens with one attached hydrogen (secondary N) is 1. The minimum absolute atomic E-state index is 0.0842. The zero-order chi connectivity index (χ0) is 13.5. The van der Waals surface area contributed by atoms with Crippen LogP contribution in [0, 0.1) is 0 Å². The van der Waals surface area contributed by atoms with Crippen molar-refractivity contribution in [3.05, 3.63) is 21.3 Å². The molecule has 0 radical (unpaired) electrons. The Labute approximate surface area is 115 Å². The van der Waals surface area contributed by atoms with E-state index < -0.39 is 0 Å². The van der Waals surface area contributed by atoms with Crippen LogP contribution in [0.15, 0.2) is 12.1 Å². The Morgan fingerprint density at radius 1 is 1.44 bits per heavy atom. The molecule has 1 unspecified atom stereocenters. The lowest BCUT2D eigenvalue weighted by molar-refractivity contribution is -0.122. The summed E-state index contributed by atoms with van der Waals surface area (Å²) in [6.07, 6.45) is 0.951. The molecular weight excluding hydrogens is 274 g/mol. The Bertz CT molecular complexity index is 415. The number of thiophene rings is 1. The molecule has 1 aromatic heterocycles. The minimum Gasteiger partial charge on any atom is -0.394 e. The highest BCUT2D eigenvalue weighted by Crippen LogP contribution is 2.22. The first-order chi connectivity index (χ1) is 8.56. The van der Waals surface area contributed by atoms with Gasteiger partial charge < -0.3 is 10.4 Å². The zero-order valence-electron chi connectivity index (χ0n) is 10.1. The predicted octanol–water partition coefficient (Wildman–Crippen LogP) is 2.25. The van der Waals surface area contributed by atoms with Crippen LogP contribution >= 0.6 is 22.9 Å². The van der Waals surface area contributed by atoms with Crippen LogP contribution < -0.4 is 5.32 Å². The normalized spacial score (nSPS) is 12.2.